The zero-order valence-corrected chi connectivity index (χ0v) is 17.1. The molecule has 4 rings (SSSR count). The zero-order chi connectivity index (χ0) is 20.9. The molecule has 2 aromatic carbocycles. The van der Waals surface area contributed by atoms with Gasteiger partial charge in [-0.25, -0.2) is 4.39 Å². The van der Waals surface area contributed by atoms with Gasteiger partial charge in [-0.15, -0.1) is 0 Å². The average Bonchev–Trinajstić information content (AvgIpc) is 2.77. The van der Waals surface area contributed by atoms with Gasteiger partial charge in [0.05, 0.1) is 11.3 Å². The Hall–Kier alpha value is -2.86. The topological polar surface area (TPSA) is 58.8 Å². The molecule has 1 amide bonds. The van der Waals surface area contributed by atoms with Crippen LogP contribution in [0, 0.1) is 5.82 Å². The maximum absolute atomic E-state index is 14.0. The van der Waals surface area contributed by atoms with Crippen molar-refractivity contribution in [2.45, 2.75) is 25.4 Å². The summed E-state index contributed by atoms with van der Waals surface area (Å²) in [5.74, 6) is 0.230. The second-order valence-electron chi connectivity index (χ2n) is 7.88. The standard InChI is InChI=1S/C24H28FN3O2/c25-20-8-2-3-9-21(20)28-15-13-27(14-16-28)12-6-5-11-23-19(24(26)29)17-18-7-1-4-10-22(18)30-23/h1-4,7-10,17,23H,5-6,11-16H2,(H2,26,29). The molecular weight excluding hydrogens is 381 g/mol. The number of fused-ring (bicyclic) bond motifs is 1. The summed E-state index contributed by atoms with van der Waals surface area (Å²) in [6.45, 7) is 4.50. The number of halogens is 1. The molecule has 0 saturated carbocycles. The molecule has 5 nitrogen and oxygen atoms in total. The minimum absolute atomic E-state index is 0.154. The number of benzene rings is 2. The Morgan fingerprint density at radius 2 is 1.77 bits per heavy atom. The average molecular weight is 410 g/mol. The van der Waals surface area contributed by atoms with Crippen LogP contribution in [0.1, 0.15) is 24.8 Å². The third-order valence-electron chi connectivity index (χ3n) is 5.89. The molecular formula is C24H28FN3O2. The Kier molecular flexibility index (Phi) is 6.33. The first-order valence-corrected chi connectivity index (χ1v) is 10.6. The molecule has 30 heavy (non-hydrogen) atoms. The summed E-state index contributed by atoms with van der Waals surface area (Å²) in [4.78, 5) is 16.4. The van der Waals surface area contributed by atoms with Gasteiger partial charge < -0.3 is 15.4 Å². The van der Waals surface area contributed by atoms with Crippen LogP contribution < -0.4 is 15.4 Å². The van der Waals surface area contributed by atoms with Crippen LogP contribution >= 0.6 is 0 Å². The van der Waals surface area contributed by atoms with Crippen LogP contribution in [-0.2, 0) is 4.79 Å². The molecule has 2 aromatic rings. The van der Waals surface area contributed by atoms with Gasteiger partial charge in [-0.1, -0.05) is 30.3 Å². The Morgan fingerprint density at radius 3 is 2.53 bits per heavy atom. The van der Waals surface area contributed by atoms with E-state index in [1.807, 2.05) is 42.5 Å². The fourth-order valence-electron chi connectivity index (χ4n) is 4.21. The SMILES string of the molecule is NC(=O)C1=Cc2ccccc2OC1CCCCN1CCN(c2ccccc2F)CC1. The minimum Gasteiger partial charge on any atom is -0.485 e. The molecule has 1 saturated heterocycles. The van der Waals surface area contributed by atoms with Gasteiger partial charge in [0.1, 0.15) is 17.7 Å². The molecule has 2 N–H and O–H groups in total. The van der Waals surface area contributed by atoms with Crippen LogP contribution in [0.25, 0.3) is 6.08 Å². The highest BCUT2D eigenvalue weighted by Gasteiger charge is 2.26. The van der Waals surface area contributed by atoms with E-state index in [2.05, 4.69) is 9.80 Å². The van der Waals surface area contributed by atoms with E-state index in [1.165, 1.54) is 6.07 Å². The van der Waals surface area contributed by atoms with Crippen LogP contribution in [0.3, 0.4) is 0 Å². The third-order valence-corrected chi connectivity index (χ3v) is 5.89. The predicted molar refractivity (Wildman–Crippen MR) is 117 cm³/mol. The number of para-hydroxylation sites is 2. The first kappa shape index (κ1) is 20.4. The number of hydrogen-bond donors (Lipinski definition) is 1. The molecule has 2 aliphatic rings. The fraction of sp³-hybridized carbons (Fsp3) is 0.375. The number of carbonyl (C=O) groups excluding carboxylic acids is 1. The van der Waals surface area contributed by atoms with Crippen molar-refractivity contribution in [3.05, 3.63) is 65.5 Å². The number of amides is 1. The number of ether oxygens (including phenoxy) is 1. The number of piperazine rings is 1. The number of hydrogen-bond acceptors (Lipinski definition) is 4. The van der Waals surface area contributed by atoms with E-state index in [1.54, 1.807) is 6.07 Å². The van der Waals surface area contributed by atoms with Gasteiger partial charge in [-0.2, -0.15) is 0 Å². The van der Waals surface area contributed by atoms with Crippen molar-refractivity contribution >= 4 is 17.7 Å². The third kappa shape index (κ3) is 4.65. The number of unbranched alkanes of at least 4 members (excludes halogenated alkanes) is 1. The van der Waals surface area contributed by atoms with E-state index in [9.17, 15) is 9.18 Å². The number of anilines is 1. The van der Waals surface area contributed by atoms with Crippen LogP contribution in [0.4, 0.5) is 10.1 Å². The van der Waals surface area contributed by atoms with Crippen molar-refractivity contribution < 1.29 is 13.9 Å². The highest BCUT2D eigenvalue weighted by Crippen LogP contribution is 2.31. The Morgan fingerprint density at radius 1 is 1.03 bits per heavy atom. The summed E-state index contributed by atoms with van der Waals surface area (Å²) in [6.07, 6.45) is 4.31. The summed E-state index contributed by atoms with van der Waals surface area (Å²) in [6, 6.07) is 14.7. The molecule has 1 atom stereocenters. The highest BCUT2D eigenvalue weighted by atomic mass is 19.1. The Labute approximate surface area is 176 Å². The van der Waals surface area contributed by atoms with Crippen LogP contribution in [-0.4, -0.2) is 49.6 Å². The lowest BCUT2D eigenvalue weighted by Crippen LogP contribution is -2.46. The van der Waals surface area contributed by atoms with Crippen LogP contribution in [0.5, 0.6) is 5.75 Å². The molecule has 2 aliphatic heterocycles. The quantitative estimate of drug-likeness (QED) is 0.712. The van der Waals surface area contributed by atoms with Crippen molar-refractivity contribution in [1.29, 1.82) is 0 Å². The van der Waals surface area contributed by atoms with E-state index < -0.39 is 5.91 Å². The molecule has 158 valence electrons. The first-order chi connectivity index (χ1) is 14.6. The second-order valence-corrected chi connectivity index (χ2v) is 7.88. The van der Waals surface area contributed by atoms with Crippen LogP contribution in [0.15, 0.2) is 54.1 Å². The summed E-state index contributed by atoms with van der Waals surface area (Å²) >= 11 is 0. The van der Waals surface area contributed by atoms with Crippen molar-refractivity contribution in [1.82, 2.24) is 4.90 Å². The maximum Gasteiger partial charge on any atom is 0.248 e. The van der Waals surface area contributed by atoms with Crippen LogP contribution in [0.2, 0.25) is 0 Å². The Bertz CT molecular complexity index is 922. The molecule has 0 aromatic heterocycles. The second kappa shape index (κ2) is 9.30. The summed E-state index contributed by atoms with van der Waals surface area (Å²) in [7, 11) is 0. The molecule has 0 aliphatic carbocycles. The number of primary amides is 1. The van der Waals surface area contributed by atoms with Gasteiger partial charge >= 0.3 is 0 Å². The molecule has 2 heterocycles. The number of carbonyl (C=O) groups is 1. The van der Waals surface area contributed by atoms with E-state index in [0.717, 1.165) is 63.3 Å². The van der Waals surface area contributed by atoms with E-state index in [-0.39, 0.29) is 11.9 Å². The number of nitrogens with two attached hydrogens (primary N) is 1. The molecule has 1 fully saturated rings. The largest absolute Gasteiger partial charge is 0.485 e. The normalized spacial score (nSPS) is 19.0. The Balaban J connectivity index is 1.23. The lowest BCUT2D eigenvalue weighted by Gasteiger charge is -2.36. The monoisotopic (exact) mass is 409 g/mol. The number of nitrogens with zero attached hydrogens (tertiary/aromatic N) is 2. The van der Waals surface area contributed by atoms with Gasteiger partial charge in [0, 0.05) is 31.7 Å². The van der Waals surface area contributed by atoms with Gasteiger partial charge in [0.15, 0.2) is 0 Å². The molecule has 0 bridgehead atoms. The zero-order valence-electron chi connectivity index (χ0n) is 17.1. The van der Waals surface area contributed by atoms with Crippen molar-refractivity contribution in [3.63, 3.8) is 0 Å². The van der Waals surface area contributed by atoms with E-state index in [4.69, 9.17) is 10.5 Å². The lowest BCUT2D eigenvalue weighted by molar-refractivity contribution is -0.115. The maximum atomic E-state index is 14.0. The van der Waals surface area contributed by atoms with E-state index >= 15 is 0 Å². The van der Waals surface area contributed by atoms with Gasteiger partial charge in [-0.05, 0) is 50.1 Å². The fourth-order valence-corrected chi connectivity index (χ4v) is 4.21. The summed E-state index contributed by atoms with van der Waals surface area (Å²) in [5, 5.41) is 0. The molecule has 1 unspecified atom stereocenters. The molecule has 0 spiro atoms. The van der Waals surface area contributed by atoms with Gasteiger partial charge in [0.2, 0.25) is 5.91 Å². The first-order valence-electron chi connectivity index (χ1n) is 10.6. The summed E-state index contributed by atoms with van der Waals surface area (Å²) < 4.78 is 20.0. The predicted octanol–water partition coefficient (Wildman–Crippen LogP) is 3.45. The van der Waals surface area contributed by atoms with Gasteiger partial charge in [0.25, 0.3) is 0 Å². The number of rotatable bonds is 7. The van der Waals surface area contributed by atoms with Gasteiger partial charge in [-0.3, -0.25) is 9.69 Å². The summed E-state index contributed by atoms with van der Waals surface area (Å²) in [5.41, 5.74) is 7.72. The molecule has 6 heteroatoms. The van der Waals surface area contributed by atoms with Crippen molar-refractivity contribution in [2.24, 2.45) is 5.73 Å². The van der Waals surface area contributed by atoms with Crippen molar-refractivity contribution in [2.75, 3.05) is 37.6 Å². The minimum atomic E-state index is -0.418. The van der Waals surface area contributed by atoms with E-state index in [0.29, 0.717) is 11.3 Å². The smallest absolute Gasteiger partial charge is 0.248 e. The highest BCUT2D eigenvalue weighted by molar-refractivity contribution is 5.98. The van der Waals surface area contributed by atoms with Crippen molar-refractivity contribution in [3.8, 4) is 5.75 Å². The molecule has 0 radical (unpaired) electrons. The lowest BCUT2D eigenvalue weighted by atomic mass is 9.97.